The highest BCUT2D eigenvalue weighted by molar-refractivity contribution is 5.89. The molecule has 1 saturated heterocycles. The lowest BCUT2D eigenvalue weighted by atomic mass is 10.2. The van der Waals surface area contributed by atoms with Crippen LogP contribution in [0.2, 0.25) is 0 Å². The van der Waals surface area contributed by atoms with Gasteiger partial charge < -0.3 is 15.3 Å². The fourth-order valence-electron chi connectivity index (χ4n) is 1.78. The minimum atomic E-state index is -0.988. The molecule has 0 aromatic carbocycles. The van der Waals surface area contributed by atoms with Gasteiger partial charge in [-0.3, -0.25) is 4.79 Å². The average molecular weight is 235 g/mol. The highest BCUT2D eigenvalue weighted by Crippen LogP contribution is 2.15. The first-order valence-corrected chi connectivity index (χ1v) is 5.30. The number of carbonyl (C=O) groups excluding carboxylic acids is 1. The molecule has 0 aliphatic carbocycles. The third-order valence-electron chi connectivity index (χ3n) is 2.66. The molecule has 1 aliphatic heterocycles. The minimum absolute atomic E-state index is 0.0435. The van der Waals surface area contributed by atoms with E-state index in [1.165, 1.54) is 6.07 Å². The van der Waals surface area contributed by atoms with Crippen molar-refractivity contribution in [2.75, 3.05) is 24.5 Å². The van der Waals surface area contributed by atoms with Gasteiger partial charge in [-0.1, -0.05) is 0 Å². The highest BCUT2D eigenvalue weighted by atomic mass is 16.4. The maximum atomic E-state index is 11.2. The molecule has 6 heteroatoms. The number of carboxylic acid groups (broad SMARTS) is 1. The van der Waals surface area contributed by atoms with Gasteiger partial charge in [-0.25, -0.2) is 9.78 Å². The van der Waals surface area contributed by atoms with Crippen LogP contribution in [-0.2, 0) is 4.79 Å². The summed E-state index contributed by atoms with van der Waals surface area (Å²) in [5, 5.41) is 11.6. The van der Waals surface area contributed by atoms with Crippen molar-refractivity contribution in [1.29, 1.82) is 0 Å². The number of carboxylic acids is 1. The Morgan fingerprint density at radius 2 is 2.29 bits per heavy atom. The van der Waals surface area contributed by atoms with Gasteiger partial charge in [-0.05, 0) is 19.1 Å². The molecule has 2 N–H and O–H groups in total. The van der Waals surface area contributed by atoms with Crippen molar-refractivity contribution >= 4 is 17.7 Å². The molecule has 1 aromatic heterocycles. The van der Waals surface area contributed by atoms with E-state index < -0.39 is 5.97 Å². The van der Waals surface area contributed by atoms with Crippen LogP contribution >= 0.6 is 0 Å². The Kier molecular flexibility index (Phi) is 2.95. The topological polar surface area (TPSA) is 82.5 Å². The number of amides is 1. The zero-order chi connectivity index (χ0) is 12.4. The van der Waals surface area contributed by atoms with E-state index in [9.17, 15) is 9.59 Å². The Balaban J connectivity index is 2.25. The SMILES string of the molecule is Cc1nc(N2CCNC(=O)C2)ccc1C(=O)O. The van der Waals surface area contributed by atoms with E-state index in [0.29, 0.717) is 24.6 Å². The number of aryl methyl sites for hydroxylation is 1. The van der Waals surface area contributed by atoms with Gasteiger partial charge >= 0.3 is 5.97 Å². The molecule has 0 atom stereocenters. The number of carbonyl (C=O) groups is 2. The first-order chi connectivity index (χ1) is 8.08. The van der Waals surface area contributed by atoms with Crippen molar-refractivity contribution in [3.63, 3.8) is 0 Å². The number of hydrogen-bond acceptors (Lipinski definition) is 4. The van der Waals surface area contributed by atoms with Crippen molar-refractivity contribution in [2.24, 2.45) is 0 Å². The standard InChI is InChI=1S/C11H13N3O3/c1-7-8(11(16)17)2-3-9(13-7)14-5-4-12-10(15)6-14/h2-3H,4-6H2,1H3,(H,12,15)(H,16,17). The van der Waals surface area contributed by atoms with E-state index in [1.54, 1.807) is 13.0 Å². The molecule has 90 valence electrons. The van der Waals surface area contributed by atoms with Crippen LogP contribution in [0.4, 0.5) is 5.82 Å². The van der Waals surface area contributed by atoms with Crippen molar-refractivity contribution in [3.8, 4) is 0 Å². The number of aromatic carboxylic acids is 1. The summed E-state index contributed by atoms with van der Waals surface area (Å²) in [5.74, 6) is -0.390. The predicted molar refractivity (Wildman–Crippen MR) is 61.2 cm³/mol. The molecule has 1 aromatic rings. The fourth-order valence-corrected chi connectivity index (χ4v) is 1.78. The van der Waals surface area contributed by atoms with Crippen molar-refractivity contribution in [1.82, 2.24) is 10.3 Å². The molecule has 1 amide bonds. The van der Waals surface area contributed by atoms with E-state index in [0.717, 1.165) is 0 Å². The lowest BCUT2D eigenvalue weighted by Crippen LogP contribution is -2.48. The predicted octanol–water partition coefficient (Wildman–Crippen LogP) is 0.0244. The second kappa shape index (κ2) is 4.40. The number of pyridine rings is 1. The summed E-state index contributed by atoms with van der Waals surface area (Å²) in [4.78, 5) is 28.1. The summed E-state index contributed by atoms with van der Waals surface area (Å²) in [6.07, 6.45) is 0. The molecule has 0 bridgehead atoms. The van der Waals surface area contributed by atoms with Gasteiger partial charge in [-0.15, -0.1) is 0 Å². The van der Waals surface area contributed by atoms with E-state index in [2.05, 4.69) is 10.3 Å². The zero-order valence-corrected chi connectivity index (χ0v) is 9.43. The number of rotatable bonds is 2. The number of piperazine rings is 1. The van der Waals surface area contributed by atoms with Gasteiger partial charge in [0.05, 0.1) is 17.8 Å². The van der Waals surface area contributed by atoms with Gasteiger partial charge in [0.2, 0.25) is 5.91 Å². The zero-order valence-electron chi connectivity index (χ0n) is 9.43. The molecule has 0 radical (unpaired) electrons. The van der Waals surface area contributed by atoms with E-state index in [4.69, 9.17) is 5.11 Å². The van der Waals surface area contributed by atoms with Crippen LogP contribution in [-0.4, -0.2) is 41.6 Å². The molecule has 0 spiro atoms. The van der Waals surface area contributed by atoms with E-state index >= 15 is 0 Å². The summed E-state index contributed by atoms with van der Waals surface area (Å²) in [6, 6.07) is 3.15. The maximum Gasteiger partial charge on any atom is 0.337 e. The third-order valence-corrected chi connectivity index (χ3v) is 2.66. The van der Waals surface area contributed by atoms with E-state index in [1.807, 2.05) is 4.90 Å². The lowest BCUT2D eigenvalue weighted by Gasteiger charge is -2.27. The molecule has 0 unspecified atom stereocenters. The second-order valence-corrected chi connectivity index (χ2v) is 3.88. The lowest BCUT2D eigenvalue weighted by molar-refractivity contribution is -0.120. The molecule has 1 aliphatic rings. The Morgan fingerprint density at radius 1 is 1.53 bits per heavy atom. The van der Waals surface area contributed by atoms with Crippen LogP contribution < -0.4 is 10.2 Å². The number of nitrogens with zero attached hydrogens (tertiary/aromatic N) is 2. The molecule has 2 rings (SSSR count). The Morgan fingerprint density at radius 3 is 2.88 bits per heavy atom. The van der Waals surface area contributed by atoms with Gasteiger partial charge in [0.25, 0.3) is 0 Å². The first kappa shape index (κ1) is 11.4. The Bertz CT molecular complexity index is 473. The van der Waals surface area contributed by atoms with E-state index in [-0.39, 0.29) is 18.0 Å². The molecule has 17 heavy (non-hydrogen) atoms. The van der Waals surface area contributed by atoms with Crippen LogP contribution in [0.15, 0.2) is 12.1 Å². The summed E-state index contributed by atoms with van der Waals surface area (Å²) >= 11 is 0. The normalized spacial score (nSPS) is 15.6. The smallest absolute Gasteiger partial charge is 0.337 e. The Labute approximate surface area is 98.3 Å². The minimum Gasteiger partial charge on any atom is -0.478 e. The van der Waals surface area contributed by atoms with Crippen LogP contribution in [0.25, 0.3) is 0 Å². The maximum absolute atomic E-state index is 11.2. The van der Waals surface area contributed by atoms with Crippen molar-refractivity contribution in [3.05, 3.63) is 23.4 Å². The largest absolute Gasteiger partial charge is 0.478 e. The second-order valence-electron chi connectivity index (χ2n) is 3.88. The summed E-state index contributed by atoms with van der Waals surface area (Å²) in [6.45, 7) is 3.18. The van der Waals surface area contributed by atoms with Crippen LogP contribution in [0.5, 0.6) is 0 Å². The first-order valence-electron chi connectivity index (χ1n) is 5.30. The molecular weight excluding hydrogens is 222 g/mol. The number of aromatic nitrogens is 1. The number of hydrogen-bond donors (Lipinski definition) is 2. The van der Waals surface area contributed by atoms with Crippen LogP contribution in [0, 0.1) is 6.92 Å². The monoisotopic (exact) mass is 235 g/mol. The summed E-state index contributed by atoms with van der Waals surface area (Å²) in [7, 11) is 0. The molecule has 6 nitrogen and oxygen atoms in total. The number of anilines is 1. The van der Waals surface area contributed by atoms with Crippen LogP contribution in [0.1, 0.15) is 16.1 Å². The fraction of sp³-hybridized carbons (Fsp3) is 0.364. The Hall–Kier alpha value is -2.11. The third kappa shape index (κ3) is 2.35. The highest BCUT2D eigenvalue weighted by Gasteiger charge is 2.18. The molecule has 1 fully saturated rings. The van der Waals surface area contributed by atoms with Gasteiger partial charge in [0.1, 0.15) is 5.82 Å². The van der Waals surface area contributed by atoms with Crippen LogP contribution in [0.3, 0.4) is 0 Å². The van der Waals surface area contributed by atoms with Crippen molar-refractivity contribution < 1.29 is 14.7 Å². The van der Waals surface area contributed by atoms with Gasteiger partial charge in [-0.2, -0.15) is 0 Å². The van der Waals surface area contributed by atoms with Gasteiger partial charge in [0, 0.05) is 13.1 Å². The summed E-state index contributed by atoms with van der Waals surface area (Å²) < 4.78 is 0. The average Bonchev–Trinajstić information content (AvgIpc) is 2.28. The molecular formula is C11H13N3O3. The molecule has 2 heterocycles. The van der Waals surface area contributed by atoms with Gasteiger partial charge in [0.15, 0.2) is 0 Å². The quantitative estimate of drug-likeness (QED) is 0.755. The molecule has 0 saturated carbocycles. The number of nitrogens with one attached hydrogen (secondary N) is 1. The summed E-state index contributed by atoms with van der Waals surface area (Å²) in [5.41, 5.74) is 0.649. The van der Waals surface area contributed by atoms with Crippen molar-refractivity contribution in [2.45, 2.75) is 6.92 Å².